The predicted molar refractivity (Wildman–Crippen MR) is 120 cm³/mol. The summed E-state index contributed by atoms with van der Waals surface area (Å²) in [5, 5.41) is 0. The fraction of sp³-hybridized carbons (Fsp3) is 0.577. The Balaban J connectivity index is 1.21. The number of anilines is 1. The molecule has 0 radical (unpaired) electrons. The lowest BCUT2D eigenvalue weighted by atomic mass is 9.59. The molecule has 1 saturated heterocycles. The van der Waals surface area contributed by atoms with Gasteiger partial charge in [-0.05, 0) is 81.1 Å². The summed E-state index contributed by atoms with van der Waals surface area (Å²) >= 11 is 0. The van der Waals surface area contributed by atoms with Crippen LogP contribution in [-0.2, 0) is 0 Å². The number of amides is 1. The molecule has 3 fully saturated rings. The van der Waals surface area contributed by atoms with Gasteiger partial charge in [0.1, 0.15) is 6.26 Å². The average molecular weight is 407 g/mol. The number of carbonyl (C=O) groups is 1. The molecule has 2 heterocycles. The summed E-state index contributed by atoms with van der Waals surface area (Å²) in [4.78, 5) is 18.0. The lowest BCUT2D eigenvalue weighted by molar-refractivity contribution is 0.00911. The van der Waals surface area contributed by atoms with Gasteiger partial charge in [0, 0.05) is 18.3 Å². The maximum atomic E-state index is 13.2. The lowest BCUT2D eigenvalue weighted by Gasteiger charge is -2.55. The number of furan rings is 1. The van der Waals surface area contributed by atoms with Gasteiger partial charge < -0.3 is 14.2 Å². The number of hydrogen-bond donors (Lipinski definition) is 0. The molecule has 1 aliphatic heterocycles. The second-order valence-corrected chi connectivity index (χ2v) is 9.89. The van der Waals surface area contributed by atoms with Gasteiger partial charge in [-0.1, -0.05) is 37.5 Å². The van der Waals surface area contributed by atoms with Crippen molar-refractivity contribution in [2.75, 3.05) is 24.5 Å². The third-order valence-corrected chi connectivity index (χ3v) is 7.88. The molecule has 1 spiro atoms. The molecule has 3 aliphatic rings. The average Bonchev–Trinajstić information content (AvgIpc) is 3.30. The quantitative estimate of drug-likeness (QED) is 0.634. The Morgan fingerprint density at radius 2 is 1.77 bits per heavy atom. The van der Waals surface area contributed by atoms with E-state index >= 15 is 0 Å². The van der Waals surface area contributed by atoms with E-state index in [0.717, 1.165) is 24.4 Å². The van der Waals surface area contributed by atoms with Crippen molar-refractivity contribution in [1.82, 2.24) is 4.90 Å². The largest absolute Gasteiger partial charge is 0.472 e. The zero-order valence-electron chi connectivity index (χ0n) is 18.0. The molecule has 0 atom stereocenters. The number of likely N-dealkylation sites (tertiary alicyclic amines) is 1. The SMILES string of the molecule is O=C(c1ccoc1)N(c1ccccc1)C1CC2(CCN(CC3CCCCC3)CC2)C1. The van der Waals surface area contributed by atoms with Crippen molar-refractivity contribution in [3.63, 3.8) is 0 Å². The number of hydrogen-bond acceptors (Lipinski definition) is 3. The van der Waals surface area contributed by atoms with Gasteiger partial charge in [-0.25, -0.2) is 0 Å². The van der Waals surface area contributed by atoms with Crippen LogP contribution in [0.4, 0.5) is 5.69 Å². The molecule has 5 rings (SSSR count). The summed E-state index contributed by atoms with van der Waals surface area (Å²) in [7, 11) is 0. The van der Waals surface area contributed by atoms with Crippen molar-refractivity contribution in [2.45, 2.75) is 63.8 Å². The van der Waals surface area contributed by atoms with Crippen molar-refractivity contribution in [3.8, 4) is 0 Å². The van der Waals surface area contributed by atoms with Gasteiger partial charge in [0.2, 0.25) is 0 Å². The van der Waals surface area contributed by atoms with Gasteiger partial charge >= 0.3 is 0 Å². The molecule has 0 bridgehead atoms. The standard InChI is InChI=1S/C26H34N2O2/c29-25(22-11-16-30-20-22)28(23-9-5-2-6-10-23)24-17-26(18-24)12-14-27(15-13-26)19-21-7-3-1-4-8-21/h2,5-6,9-11,16,20-21,24H,1,3-4,7-8,12-15,17-19H2. The van der Waals surface area contributed by atoms with Crippen LogP contribution in [0, 0.1) is 11.3 Å². The molecule has 0 N–H and O–H groups in total. The number of nitrogens with zero attached hydrogens (tertiary/aromatic N) is 2. The van der Waals surface area contributed by atoms with Crippen molar-refractivity contribution < 1.29 is 9.21 Å². The Bertz CT molecular complexity index is 810. The van der Waals surface area contributed by atoms with Crippen molar-refractivity contribution >= 4 is 11.6 Å². The molecule has 30 heavy (non-hydrogen) atoms. The second-order valence-electron chi connectivity index (χ2n) is 9.89. The lowest BCUT2D eigenvalue weighted by Crippen LogP contribution is -2.57. The molecule has 2 saturated carbocycles. The summed E-state index contributed by atoms with van der Waals surface area (Å²) in [5.41, 5.74) is 2.08. The fourth-order valence-electron chi connectivity index (χ4n) is 6.08. The highest BCUT2D eigenvalue weighted by Crippen LogP contribution is 2.52. The van der Waals surface area contributed by atoms with Gasteiger partial charge in [-0.3, -0.25) is 4.79 Å². The molecule has 2 aliphatic carbocycles. The Hall–Kier alpha value is -2.07. The molecule has 4 heteroatoms. The van der Waals surface area contributed by atoms with E-state index in [4.69, 9.17) is 4.42 Å². The molecule has 1 aromatic heterocycles. The van der Waals surface area contributed by atoms with Crippen molar-refractivity contribution in [1.29, 1.82) is 0 Å². The molecule has 2 aromatic rings. The van der Waals surface area contributed by atoms with Crippen molar-refractivity contribution in [3.05, 3.63) is 54.5 Å². The molecule has 160 valence electrons. The van der Waals surface area contributed by atoms with Crippen LogP contribution in [-0.4, -0.2) is 36.5 Å². The van der Waals surface area contributed by atoms with E-state index in [1.807, 2.05) is 23.1 Å². The zero-order valence-corrected chi connectivity index (χ0v) is 18.0. The van der Waals surface area contributed by atoms with E-state index in [1.54, 1.807) is 18.6 Å². The molecule has 1 amide bonds. The summed E-state index contributed by atoms with van der Waals surface area (Å²) in [5.74, 6) is 0.993. The molecule has 4 nitrogen and oxygen atoms in total. The maximum absolute atomic E-state index is 13.2. The molecule has 0 unspecified atom stereocenters. The number of piperidine rings is 1. The highest BCUT2D eigenvalue weighted by atomic mass is 16.3. The third kappa shape index (κ3) is 4.07. The summed E-state index contributed by atoms with van der Waals surface area (Å²) in [6.45, 7) is 3.79. The highest BCUT2D eigenvalue weighted by Gasteiger charge is 2.49. The first-order chi connectivity index (χ1) is 14.7. The first kappa shape index (κ1) is 19.9. The minimum atomic E-state index is 0.0598. The minimum absolute atomic E-state index is 0.0598. The smallest absolute Gasteiger partial charge is 0.261 e. The van der Waals surface area contributed by atoms with Crippen LogP contribution in [0.15, 0.2) is 53.3 Å². The number of rotatable bonds is 5. The normalized spacial score (nSPS) is 22.7. The Labute approximate surface area is 180 Å². The first-order valence-corrected chi connectivity index (χ1v) is 11.9. The summed E-state index contributed by atoms with van der Waals surface area (Å²) in [6, 6.07) is 12.2. The van der Waals surface area contributed by atoms with Crippen LogP contribution < -0.4 is 4.90 Å². The summed E-state index contributed by atoms with van der Waals surface area (Å²) in [6.07, 6.45) is 15.2. The fourth-order valence-corrected chi connectivity index (χ4v) is 6.08. The van der Waals surface area contributed by atoms with E-state index in [1.165, 1.54) is 64.6 Å². The Morgan fingerprint density at radius 1 is 1.03 bits per heavy atom. The zero-order chi connectivity index (χ0) is 20.4. The van der Waals surface area contributed by atoms with E-state index in [0.29, 0.717) is 17.0 Å². The Morgan fingerprint density at radius 3 is 2.43 bits per heavy atom. The van der Waals surface area contributed by atoms with E-state index in [-0.39, 0.29) is 5.91 Å². The third-order valence-electron chi connectivity index (χ3n) is 7.88. The van der Waals surface area contributed by atoms with Gasteiger partial charge in [0.15, 0.2) is 0 Å². The second kappa shape index (κ2) is 8.58. The van der Waals surface area contributed by atoms with Crippen LogP contribution in [0.5, 0.6) is 0 Å². The minimum Gasteiger partial charge on any atom is -0.472 e. The van der Waals surface area contributed by atoms with E-state index in [2.05, 4.69) is 17.0 Å². The van der Waals surface area contributed by atoms with Gasteiger partial charge in [-0.15, -0.1) is 0 Å². The van der Waals surface area contributed by atoms with Crippen LogP contribution in [0.1, 0.15) is 68.1 Å². The van der Waals surface area contributed by atoms with Crippen LogP contribution in [0.25, 0.3) is 0 Å². The van der Waals surface area contributed by atoms with E-state index < -0.39 is 0 Å². The summed E-state index contributed by atoms with van der Waals surface area (Å²) < 4.78 is 5.18. The first-order valence-electron chi connectivity index (χ1n) is 11.9. The van der Waals surface area contributed by atoms with Crippen LogP contribution in [0.2, 0.25) is 0 Å². The highest BCUT2D eigenvalue weighted by molar-refractivity contribution is 6.06. The van der Waals surface area contributed by atoms with Crippen molar-refractivity contribution in [2.24, 2.45) is 11.3 Å². The Kier molecular flexibility index (Phi) is 5.68. The van der Waals surface area contributed by atoms with Gasteiger partial charge in [-0.2, -0.15) is 0 Å². The number of carbonyl (C=O) groups excluding carboxylic acids is 1. The monoisotopic (exact) mass is 406 g/mol. The van der Waals surface area contributed by atoms with Crippen LogP contribution in [0.3, 0.4) is 0 Å². The van der Waals surface area contributed by atoms with E-state index in [9.17, 15) is 4.79 Å². The van der Waals surface area contributed by atoms with Crippen LogP contribution >= 0.6 is 0 Å². The molecular weight excluding hydrogens is 372 g/mol. The molecular formula is C26H34N2O2. The van der Waals surface area contributed by atoms with Gasteiger partial charge in [0.25, 0.3) is 5.91 Å². The number of para-hydroxylation sites is 1. The number of benzene rings is 1. The predicted octanol–water partition coefficient (Wildman–Crippen LogP) is 5.75. The topological polar surface area (TPSA) is 36.7 Å². The maximum Gasteiger partial charge on any atom is 0.261 e. The van der Waals surface area contributed by atoms with Gasteiger partial charge in [0.05, 0.1) is 11.8 Å². The molecule has 1 aromatic carbocycles.